The summed E-state index contributed by atoms with van der Waals surface area (Å²) in [5, 5.41) is 15.4. The molecule has 0 saturated carbocycles. The molecule has 0 unspecified atom stereocenters. The Kier molecular flexibility index (Phi) is 4.67. The first-order chi connectivity index (χ1) is 7.96. The van der Waals surface area contributed by atoms with Crippen molar-refractivity contribution in [2.24, 2.45) is 0 Å². The normalized spacial score (nSPS) is 12.3. The van der Waals surface area contributed by atoms with Crippen molar-refractivity contribution in [3.8, 4) is 0 Å². The second-order valence-electron chi connectivity index (χ2n) is 3.92. The van der Waals surface area contributed by atoms with Gasteiger partial charge in [0.05, 0.1) is 12.3 Å². The minimum atomic E-state index is -3.62. The first kappa shape index (κ1) is 14.1. The van der Waals surface area contributed by atoms with Gasteiger partial charge in [0.2, 0.25) is 10.0 Å². The minimum Gasteiger partial charge on any atom is -0.390 e. The predicted octanol–water partition coefficient (Wildman–Crippen LogP) is 0.677. The highest BCUT2D eigenvalue weighted by molar-refractivity contribution is 7.89. The van der Waals surface area contributed by atoms with Gasteiger partial charge in [-0.1, -0.05) is 13.8 Å². The van der Waals surface area contributed by atoms with E-state index in [9.17, 15) is 8.42 Å². The molecule has 1 heterocycles. The third-order valence-corrected chi connectivity index (χ3v) is 4.41. The Hall–Kier alpha value is -0.920. The maximum Gasteiger partial charge on any atom is 0.244 e. The topological polar surface area (TPSA) is 95.1 Å². The van der Waals surface area contributed by atoms with Gasteiger partial charge >= 0.3 is 0 Å². The summed E-state index contributed by atoms with van der Waals surface area (Å²) in [5.41, 5.74) is 0.591. The van der Waals surface area contributed by atoms with Gasteiger partial charge in [-0.05, 0) is 19.8 Å². The summed E-state index contributed by atoms with van der Waals surface area (Å²) in [6.45, 7) is 5.06. The highest BCUT2D eigenvalue weighted by Gasteiger charge is 2.25. The number of hydrogen-bond acceptors (Lipinski definition) is 4. The number of sulfonamides is 1. The molecule has 1 aromatic rings. The van der Waals surface area contributed by atoms with Crippen LogP contribution >= 0.6 is 0 Å². The monoisotopic (exact) mass is 261 g/mol. The second-order valence-corrected chi connectivity index (χ2v) is 5.57. The molecule has 0 fully saturated rings. The SMILES string of the molecule is CCC(CC)NS(=O)(=O)c1c(CO)n[nH]c1C. The Balaban J connectivity index is 3.08. The summed E-state index contributed by atoms with van der Waals surface area (Å²) in [5.74, 6) is 0. The average molecular weight is 261 g/mol. The first-order valence-corrected chi connectivity index (χ1v) is 7.11. The van der Waals surface area contributed by atoms with E-state index in [0.29, 0.717) is 5.69 Å². The maximum atomic E-state index is 12.1. The number of aromatic amines is 1. The molecule has 0 amide bonds. The lowest BCUT2D eigenvalue weighted by Crippen LogP contribution is -2.34. The predicted molar refractivity (Wildman–Crippen MR) is 63.9 cm³/mol. The highest BCUT2D eigenvalue weighted by atomic mass is 32.2. The fraction of sp³-hybridized carbons (Fsp3) is 0.700. The molecular weight excluding hydrogens is 242 g/mol. The van der Waals surface area contributed by atoms with Gasteiger partial charge in [-0.25, -0.2) is 13.1 Å². The molecule has 17 heavy (non-hydrogen) atoms. The first-order valence-electron chi connectivity index (χ1n) is 5.63. The molecule has 3 N–H and O–H groups in total. The van der Waals surface area contributed by atoms with E-state index in [-0.39, 0.29) is 16.6 Å². The average Bonchev–Trinajstić information content (AvgIpc) is 2.68. The van der Waals surface area contributed by atoms with Crippen LogP contribution in [0.25, 0.3) is 0 Å². The Morgan fingerprint density at radius 1 is 1.41 bits per heavy atom. The van der Waals surface area contributed by atoms with Crippen molar-refractivity contribution in [3.05, 3.63) is 11.4 Å². The summed E-state index contributed by atoms with van der Waals surface area (Å²) >= 11 is 0. The van der Waals surface area contributed by atoms with Gasteiger partial charge in [0.1, 0.15) is 10.6 Å². The Morgan fingerprint density at radius 2 is 2.00 bits per heavy atom. The summed E-state index contributed by atoms with van der Waals surface area (Å²) in [6, 6.07) is -0.0964. The van der Waals surface area contributed by atoms with Crippen LogP contribution in [0.2, 0.25) is 0 Å². The standard InChI is InChI=1S/C10H19N3O3S/c1-4-8(5-2)13-17(15,16)10-7(3)11-12-9(10)6-14/h8,13-14H,4-6H2,1-3H3,(H,11,12). The van der Waals surface area contributed by atoms with E-state index in [1.165, 1.54) is 0 Å². The molecule has 1 aromatic heterocycles. The van der Waals surface area contributed by atoms with Crippen LogP contribution in [-0.2, 0) is 16.6 Å². The fourth-order valence-electron chi connectivity index (χ4n) is 1.67. The number of aliphatic hydroxyl groups excluding tert-OH is 1. The molecule has 0 bridgehead atoms. The van der Waals surface area contributed by atoms with Crippen molar-refractivity contribution in [1.82, 2.24) is 14.9 Å². The van der Waals surface area contributed by atoms with Crippen molar-refractivity contribution >= 4 is 10.0 Å². The lowest BCUT2D eigenvalue weighted by Gasteiger charge is -2.15. The molecule has 0 atom stereocenters. The molecular formula is C10H19N3O3S. The van der Waals surface area contributed by atoms with E-state index >= 15 is 0 Å². The maximum absolute atomic E-state index is 12.1. The van der Waals surface area contributed by atoms with Crippen molar-refractivity contribution in [3.63, 3.8) is 0 Å². The summed E-state index contributed by atoms with van der Waals surface area (Å²) < 4.78 is 26.9. The van der Waals surface area contributed by atoms with Gasteiger partial charge in [0.15, 0.2) is 0 Å². The quantitative estimate of drug-likeness (QED) is 0.701. The third kappa shape index (κ3) is 3.05. The van der Waals surface area contributed by atoms with E-state index in [1.807, 2.05) is 13.8 Å². The molecule has 98 valence electrons. The molecule has 0 aromatic carbocycles. The largest absolute Gasteiger partial charge is 0.390 e. The van der Waals surface area contributed by atoms with Gasteiger partial charge in [0, 0.05) is 6.04 Å². The fourth-order valence-corrected chi connectivity index (χ4v) is 3.43. The van der Waals surface area contributed by atoms with Crippen LogP contribution in [0.5, 0.6) is 0 Å². The Labute approximate surface area is 101 Å². The molecule has 7 heteroatoms. The summed E-state index contributed by atoms with van der Waals surface area (Å²) in [7, 11) is -3.62. The van der Waals surface area contributed by atoms with Gasteiger partial charge in [-0.2, -0.15) is 5.10 Å². The Morgan fingerprint density at radius 3 is 2.47 bits per heavy atom. The van der Waals surface area contributed by atoms with E-state index in [0.717, 1.165) is 12.8 Å². The van der Waals surface area contributed by atoms with Crippen molar-refractivity contribution < 1.29 is 13.5 Å². The summed E-state index contributed by atoms with van der Waals surface area (Å²) in [4.78, 5) is 0.0619. The number of hydrogen-bond donors (Lipinski definition) is 3. The number of aryl methyl sites for hydroxylation is 1. The van der Waals surface area contributed by atoms with E-state index < -0.39 is 16.6 Å². The van der Waals surface area contributed by atoms with Gasteiger partial charge in [-0.3, -0.25) is 5.10 Å². The third-order valence-electron chi connectivity index (χ3n) is 2.69. The zero-order valence-corrected chi connectivity index (χ0v) is 11.1. The zero-order valence-electron chi connectivity index (χ0n) is 10.3. The minimum absolute atomic E-state index is 0.0619. The van der Waals surface area contributed by atoms with Crippen molar-refractivity contribution in [1.29, 1.82) is 0 Å². The molecule has 0 radical (unpaired) electrons. The van der Waals surface area contributed by atoms with Gasteiger partial charge in [-0.15, -0.1) is 0 Å². The number of H-pyrrole nitrogens is 1. The van der Waals surface area contributed by atoms with Crippen LogP contribution in [0.4, 0.5) is 0 Å². The zero-order chi connectivity index (χ0) is 13.1. The number of nitrogens with zero attached hydrogens (tertiary/aromatic N) is 1. The van der Waals surface area contributed by atoms with Crippen LogP contribution in [0.3, 0.4) is 0 Å². The molecule has 0 aliphatic heterocycles. The smallest absolute Gasteiger partial charge is 0.244 e. The van der Waals surface area contributed by atoms with Crippen molar-refractivity contribution in [2.45, 2.75) is 51.2 Å². The van der Waals surface area contributed by atoms with Crippen LogP contribution in [0, 0.1) is 6.92 Å². The second kappa shape index (κ2) is 5.61. The molecule has 0 saturated heterocycles. The van der Waals surface area contributed by atoms with E-state index in [1.54, 1.807) is 6.92 Å². The molecule has 0 spiro atoms. The lowest BCUT2D eigenvalue weighted by atomic mass is 10.2. The molecule has 1 rings (SSSR count). The summed E-state index contributed by atoms with van der Waals surface area (Å²) in [6.07, 6.45) is 1.45. The van der Waals surface area contributed by atoms with E-state index in [2.05, 4.69) is 14.9 Å². The molecule has 0 aliphatic rings. The number of nitrogens with one attached hydrogen (secondary N) is 2. The van der Waals surface area contributed by atoms with Gasteiger partial charge < -0.3 is 5.11 Å². The molecule has 0 aliphatic carbocycles. The van der Waals surface area contributed by atoms with E-state index in [4.69, 9.17) is 5.11 Å². The van der Waals surface area contributed by atoms with Crippen LogP contribution in [-0.4, -0.2) is 29.8 Å². The number of aromatic nitrogens is 2. The van der Waals surface area contributed by atoms with Gasteiger partial charge in [0.25, 0.3) is 0 Å². The van der Waals surface area contributed by atoms with Crippen LogP contribution in [0.15, 0.2) is 4.90 Å². The molecule has 6 nitrogen and oxygen atoms in total. The number of aliphatic hydroxyl groups is 1. The number of rotatable bonds is 6. The van der Waals surface area contributed by atoms with Crippen molar-refractivity contribution in [2.75, 3.05) is 0 Å². The lowest BCUT2D eigenvalue weighted by molar-refractivity contribution is 0.273. The highest BCUT2D eigenvalue weighted by Crippen LogP contribution is 2.18. The Bertz CT molecular complexity index is 463. The van der Waals surface area contributed by atoms with Crippen LogP contribution in [0.1, 0.15) is 38.1 Å². The van der Waals surface area contributed by atoms with Crippen LogP contribution < -0.4 is 4.72 Å².